The number of nitrogens with zero attached hydrogens (tertiary/aromatic N) is 1. The summed E-state index contributed by atoms with van der Waals surface area (Å²) in [6, 6.07) is 12.1. The maximum absolute atomic E-state index is 10.0. The third-order valence-corrected chi connectivity index (χ3v) is 5.80. The smallest absolute Gasteiger partial charge is 0.116 e. The second-order valence-electron chi connectivity index (χ2n) is 7.67. The van der Waals surface area contributed by atoms with Crippen LogP contribution in [-0.4, -0.2) is 10.1 Å². The fourth-order valence-electron chi connectivity index (χ4n) is 4.08. The minimum Gasteiger partial charge on any atom is -0.508 e. The Morgan fingerprint density at radius 3 is 2.62 bits per heavy atom. The van der Waals surface area contributed by atoms with Crippen LogP contribution in [-0.2, 0) is 0 Å². The van der Waals surface area contributed by atoms with E-state index in [2.05, 4.69) is 37.9 Å². The lowest BCUT2D eigenvalue weighted by Gasteiger charge is -2.20. The van der Waals surface area contributed by atoms with Crippen LogP contribution in [0.1, 0.15) is 70.8 Å². The molecule has 26 heavy (non-hydrogen) atoms. The zero-order chi connectivity index (χ0) is 18.5. The normalized spacial score (nSPS) is 14.0. The van der Waals surface area contributed by atoms with E-state index in [9.17, 15) is 5.11 Å². The summed E-state index contributed by atoms with van der Waals surface area (Å²) in [4.78, 5) is 4.58. The number of pyridine rings is 1. The van der Waals surface area contributed by atoms with E-state index < -0.39 is 0 Å². The number of phenolic OH excluding ortho intramolecular Hbond substituents is 1. The number of phenols is 1. The second kappa shape index (κ2) is 8.53. The number of unbranched alkanes of at least 4 members (excludes halogenated alkanes) is 1. The highest BCUT2D eigenvalue weighted by Crippen LogP contribution is 2.36. The zero-order valence-electron chi connectivity index (χ0n) is 16.3. The van der Waals surface area contributed by atoms with Crippen molar-refractivity contribution in [3.8, 4) is 5.75 Å². The molecule has 138 valence electrons. The summed E-state index contributed by atoms with van der Waals surface area (Å²) in [5.74, 6) is 1.63. The molecule has 2 heteroatoms. The predicted molar refractivity (Wildman–Crippen MR) is 112 cm³/mol. The van der Waals surface area contributed by atoms with Gasteiger partial charge >= 0.3 is 0 Å². The highest BCUT2D eigenvalue weighted by molar-refractivity contribution is 6.07. The number of hydrogen-bond donors (Lipinski definition) is 1. The average Bonchev–Trinajstić information content (AvgIpc) is 2.67. The summed E-state index contributed by atoms with van der Waals surface area (Å²) in [7, 11) is 0. The van der Waals surface area contributed by atoms with Gasteiger partial charge < -0.3 is 5.11 Å². The number of aromatic nitrogens is 1. The van der Waals surface area contributed by atoms with Crippen LogP contribution in [0.4, 0.5) is 0 Å². The molecule has 0 aliphatic rings. The lowest BCUT2D eigenvalue weighted by Crippen LogP contribution is -2.03. The zero-order valence-corrected chi connectivity index (χ0v) is 16.3. The Morgan fingerprint density at radius 2 is 1.85 bits per heavy atom. The Labute approximate surface area is 157 Å². The van der Waals surface area contributed by atoms with Crippen LogP contribution < -0.4 is 0 Å². The van der Waals surface area contributed by atoms with Gasteiger partial charge in [0.25, 0.3) is 0 Å². The topological polar surface area (TPSA) is 33.1 Å². The van der Waals surface area contributed by atoms with E-state index >= 15 is 0 Å². The van der Waals surface area contributed by atoms with Crippen LogP contribution >= 0.6 is 0 Å². The van der Waals surface area contributed by atoms with Crippen LogP contribution in [0, 0.1) is 5.92 Å². The Hall–Kier alpha value is -2.09. The summed E-state index contributed by atoms with van der Waals surface area (Å²) < 4.78 is 0. The van der Waals surface area contributed by atoms with Gasteiger partial charge in [-0.1, -0.05) is 52.5 Å². The third kappa shape index (κ3) is 4.00. The van der Waals surface area contributed by atoms with E-state index in [0.717, 1.165) is 22.2 Å². The van der Waals surface area contributed by atoms with Crippen molar-refractivity contribution in [3.63, 3.8) is 0 Å². The van der Waals surface area contributed by atoms with Crippen LogP contribution in [0.25, 0.3) is 21.7 Å². The van der Waals surface area contributed by atoms with Crippen molar-refractivity contribution in [1.82, 2.24) is 4.98 Å². The first-order chi connectivity index (χ1) is 12.6. The molecule has 1 aromatic heterocycles. The molecule has 2 aromatic carbocycles. The molecule has 0 saturated heterocycles. The standard InChI is InChI=1S/C24H31NO/c1-4-6-8-18(5-2)11-10-17(3)22-15-19-9-7-14-25-24(19)21-13-12-20(26)16-23(21)22/h7,9,12-18,26H,4-6,8,10-11H2,1-3H3. The lowest BCUT2D eigenvalue weighted by molar-refractivity contribution is 0.397. The molecule has 0 radical (unpaired) electrons. The maximum atomic E-state index is 10.0. The highest BCUT2D eigenvalue weighted by Gasteiger charge is 2.15. The number of rotatable bonds is 8. The predicted octanol–water partition coefficient (Wildman–Crippen LogP) is 7.19. The van der Waals surface area contributed by atoms with Crippen molar-refractivity contribution in [1.29, 1.82) is 0 Å². The molecular weight excluding hydrogens is 318 g/mol. The molecule has 2 nitrogen and oxygen atoms in total. The number of aromatic hydroxyl groups is 1. The van der Waals surface area contributed by atoms with Crippen molar-refractivity contribution < 1.29 is 5.11 Å². The molecule has 0 fully saturated rings. The van der Waals surface area contributed by atoms with Gasteiger partial charge in [-0.25, -0.2) is 0 Å². The Morgan fingerprint density at radius 1 is 1.00 bits per heavy atom. The lowest BCUT2D eigenvalue weighted by atomic mass is 9.85. The molecule has 0 bridgehead atoms. The summed E-state index contributed by atoms with van der Waals surface area (Å²) in [6.07, 6.45) is 9.57. The average molecular weight is 350 g/mol. The minimum absolute atomic E-state index is 0.329. The second-order valence-corrected chi connectivity index (χ2v) is 7.67. The first kappa shape index (κ1) is 18.7. The molecule has 2 unspecified atom stereocenters. The molecular formula is C24H31NO. The van der Waals surface area contributed by atoms with Gasteiger partial charge in [0.15, 0.2) is 0 Å². The van der Waals surface area contributed by atoms with Crippen molar-refractivity contribution >= 4 is 21.7 Å². The van der Waals surface area contributed by atoms with Crippen molar-refractivity contribution in [3.05, 3.63) is 48.2 Å². The van der Waals surface area contributed by atoms with Gasteiger partial charge in [-0.15, -0.1) is 0 Å². The van der Waals surface area contributed by atoms with Gasteiger partial charge in [0.1, 0.15) is 5.75 Å². The fourth-order valence-corrected chi connectivity index (χ4v) is 4.08. The van der Waals surface area contributed by atoms with E-state index in [1.54, 1.807) is 6.07 Å². The summed E-state index contributed by atoms with van der Waals surface area (Å²) in [5, 5.41) is 13.5. The molecule has 1 N–H and O–H groups in total. The van der Waals surface area contributed by atoms with Crippen LogP contribution in [0.5, 0.6) is 5.75 Å². The van der Waals surface area contributed by atoms with Gasteiger partial charge in [-0.2, -0.15) is 0 Å². The van der Waals surface area contributed by atoms with E-state index in [-0.39, 0.29) is 0 Å². The van der Waals surface area contributed by atoms with Gasteiger partial charge in [0.05, 0.1) is 5.52 Å². The fraction of sp³-hybridized carbons (Fsp3) is 0.458. The van der Waals surface area contributed by atoms with Gasteiger partial charge in [-0.3, -0.25) is 4.98 Å². The molecule has 0 spiro atoms. The van der Waals surface area contributed by atoms with E-state index in [1.807, 2.05) is 24.4 Å². The molecule has 3 aromatic rings. The molecule has 3 rings (SSSR count). The Balaban J connectivity index is 1.93. The van der Waals surface area contributed by atoms with Gasteiger partial charge in [-0.05, 0) is 66.0 Å². The minimum atomic E-state index is 0.329. The first-order valence-corrected chi connectivity index (χ1v) is 10.1. The summed E-state index contributed by atoms with van der Waals surface area (Å²) >= 11 is 0. The van der Waals surface area contributed by atoms with Crippen LogP contribution in [0.2, 0.25) is 0 Å². The summed E-state index contributed by atoms with van der Waals surface area (Å²) in [6.45, 7) is 6.92. The van der Waals surface area contributed by atoms with E-state index in [4.69, 9.17) is 0 Å². The molecule has 1 heterocycles. The maximum Gasteiger partial charge on any atom is 0.116 e. The quantitative estimate of drug-likeness (QED) is 0.436. The van der Waals surface area contributed by atoms with Gasteiger partial charge in [0, 0.05) is 17.0 Å². The number of hydrogen-bond acceptors (Lipinski definition) is 2. The third-order valence-electron chi connectivity index (χ3n) is 5.80. The SMILES string of the molecule is CCCCC(CC)CCC(C)c1cc2cccnc2c2ccc(O)cc12. The Kier molecular flexibility index (Phi) is 6.13. The number of fused-ring (bicyclic) bond motifs is 3. The van der Waals surface area contributed by atoms with Crippen LogP contribution in [0.3, 0.4) is 0 Å². The van der Waals surface area contributed by atoms with Crippen molar-refractivity contribution in [2.75, 3.05) is 0 Å². The molecule has 0 saturated carbocycles. The molecule has 0 amide bonds. The van der Waals surface area contributed by atoms with Crippen molar-refractivity contribution in [2.45, 2.75) is 65.2 Å². The highest BCUT2D eigenvalue weighted by atomic mass is 16.3. The molecule has 0 aliphatic carbocycles. The van der Waals surface area contributed by atoms with Crippen molar-refractivity contribution in [2.24, 2.45) is 5.92 Å². The largest absolute Gasteiger partial charge is 0.508 e. The summed E-state index contributed by atoms with van der Waals surface area (Å²) in [5.41, 5.74) is 2.36. The van der Waals surface area contributed by atoms with E-state index in [1.165, 1.54) is 49.5 Å². The molecule has 0 aliphatic heterocycles. The number of benzene rings is 2. The first-order valence-electron chi connectivity index (χ1n) is 10.1. The van der Waals surface area contributed by atoms with Crippen LogP contribution in [0.15, 0.2) is 42.6 Å². The molecule has 2 atom stereocenters. The van der Waals surface area contributed by atoms with E-state index in [0.29, 0.717) is 11.7 Å². The monoisotopic (exact) mass is 349 g/mol. The van der Waals surface area contributed by atoms with Gasteiger partial charge in [0.2, 0.25) is 0 Å². The Bertz CT molecular complexity index is 871.